The maximum atomic E-state index is 13.1. The van der Waals surface area contributed by atoms with E-state index in [1.165, 1.54) is 161 Å². The van der Waals surface area contributed by atoms with Crippen molar-refractivity contribution in [2.24, 2.45) is 0 Å². The molecule has 0 aliphatic heterocycles. The number of esters is 4. The van der Waals surface area contributed by atoms with Gasteiger partial charge < -0.3 is 33.8 Å². The van der Waals surface area contributed by atoms with Crippen molar-refractivity contribution in [1.82, 2.24) is 0 Å². The largest absolute Gasteiger partial charge is 0.472 e. The van der Waals surface area contributed by atoms with Gasteiger partial charge in [-0.2, -0.15) is 0 Å². The first-order valence-corrected chi connectivity index (χ1v) is 43.5. The third-order valence-corrected chi connectivity index (χ3v) is 19.4. The normalized spacial score (nSPS) is 14.2. The van der Waals surface area contributed by atoms with Crippen LogP contribution in [-0.4, -0.2) is 96.7 Å². The molecule has 0 aromatic rings. The fraction of sp³-hybridized carbons (Fsp3) is 0.827. The van der Waals surface area contributed by atoms with Crippen molar-refractivity contribution in [3.05, 3.63) is 60.8 Å². The standard InChI is InChI=1S/C81H148O17P2/c1-5-9-13-17-21-25-29-33-36-37-40-43-46-50-54-58-62-66-79(84)92-72-77(98-81(86)68-64-60-56-52-48-44-39-35-31-27-23-19-15-11-7-3)74-96-100(89,90)94-70-75(82)69-93-99(87,88)95-73-76(97-80(85)67-63-59-55-51-47-41-32-28-24-20-16-12-8-4)71-91-78(83)65-61-57-53-49-45-42-38-34-30-26-22-18-14-10-6-2/h9,13,21,25,33,35-36,39-40,43,75-77,82H,5-8,10-12,14-20,22-24,26-32,34,37-38,41-42,44-74H2,1-4H3,(H,87,88)(H,89,90)/b13-9-,25-21-,36-33-,39-35-,43-40-. The zero-order valence-electron chi connectivity index (χ0n) is 63.9. The summed E-state index contributed by atoms with van der Waals surface area (Å²) in [6.45, 7) is 4.80. The fourth-order valence-corrected chi connectivity index (χ4v) is 12.9. The van der Waals surface area contributed by atoms with Crippen molar-refractivity contribution in [2.75, 3.05) is 39.6 Å². The molecule has 0 fully saturated rings. The van der Waals surface area contributed by atoms with Crippen LogP contribution in [-0.2, 0) is 65.4 Å². The van der Waals surface area contributed by atoms with Gasteiger partial charge in [0.25, 0.3) is 0 Å². The molecule has 0 saturated carbocycles. The first kappa shape index (κ1) is 96.8. The number of hydrogen-bond acceptors (Lipinski definition) is 15. The van der Waals surface area contributed by atoms with Gasteiger partial charge in [0, 0.05) is 25.7 Å². The van der Waals surface area contributed by atoms with Crippen molar-refractivity contribution < 1.29 is 80.2 Å². The highest BCUT2D eigenvalue weighted by Crippen LogP contribution is 2.45. The molecule has 0 bridgehead atoms. The lowest BCUT2D eigenvalue weighted by Gasteiger charge is -2.21. The lowest BCUT2D eigenvalue weighted by Crippen LogP contribution is -2.30. The molecule has 584 valence electrons. The van der Waals surface area contributed by atoms with Gasteiger partial charge in [0.2, 0.25) is 0 Å². The summed E-state index contributed by atoms with van der Waals surface area (Å²) in [6, 6.07) is 0. The second-order valence-corrected chi connectivity index (χ2v) is 30.3. The summed E-state index contributed by atoms with van der Waals surface area (Å²) in [7, 11) is -9.94. The topological polar surface area (TPSA) is 237 Å². The molecule has 0 spiro atoms. The molecular weight excluding hydrogens is 1310 g/mol. The molecule has 100 heavy (non-hydrogen) atoms. The van der Waals surface area contributed by atoms with Crippen molar-refractivity contribution >= 4 is 39.5 Å². The van der Waals surface area contributed by atoms with Crippen LogP contribution in [0.15, 0.2) is 60.8 Å². The molecule has 0 radical (unpaired) electrons. The van der Waals surface area contributed by atoms with Crippen LogP contribution in [0.1, 0.15) is 374 Å². The molecule has 5 unspecified atom stereocenters. The van der Waals surface area contributed by atoms with Gasteiger partial charge in [-0.25, -0.2) is 9.13 Å². The smallest absolute Gasteiger partial charge is 0.462 e. The molecule has 3 N–H and O–H groups in total. The molecule has 0 aromatic heterocycles. The Morgan fingerprint density at radius 2 is 0.520 bits per heavy atom. The number of rotatable bonds is 77. The Balaban J connectivity index is 5.33. The zero-order chi connectivity index (χ0) is 73.2. The van der Waals surface area contributed by atoms with E-state index in [1.54, 1.807) is 0 Å². The van der Waals surface area contributed by atoms with Gasteiger partial charge in [0.1, 0.15) is 19.3 Å². The van der Waals surface area contributed by atoms with E-state index in [0.29, 0.717) is 25.7 Å². The summed E-state index contributed by atoms with van der Waals surface area (Å²) < 4.78 is 68.6. The van der Waals surface area contributed by atoms with Crippen LogP contribution in [0.2, 0.25) is 0 Å². The number of aliphatic hydroxyl groups excluding tert-OH is 1. The van der Waals surface area contributed by atoms with Crippen molar-refractivity contribution in [3.8, 4) is 0 Å². The Labute approximate surface area is 610 Å². The molecule has 0 rings (SSSR count). The number of hydrogen-bond donors (Lipinski definition) is 3. The maximum absolute atomic E-state index is 13.1. The molecule has 17 nitrogen and oxygen atoms in total. The predicted molar refractivity (Wildman–Crippen MR) is 409 cm³/mol. The Hall–Kier alpha value is -3.24. The number of allylic oxidation sites excluding steroid dienone is 10. The monoisotopic (exact) mass is 1460 g/mol. The molecule has 19 heteroatoms. The summed E-state index contributed by atoms with van der Waals surface area (Å²) in [5.41, 5.74) is 0. The quantitative estimate of drug-likeness (QED) is 0.0169. The second-order valence-electron chi connectivity index (χ2n) is 27.3. The van der Waals surface area contributed by atoms with Crippen LogP contribution < -0.4 is 0 Å². The molecule has 0 aliphatic rings. The Bertz CT molecular complexity index is 2130. The van der Waals surface area contributed by atoms with Crippen molar-refractivity contribution in [1.29, 1.82) is 0 Å². The van der Waals surface area contributed by atoms with E-state index in [2.05, 4.69) is 88.5 Å². The first-order valence-electron chi connectivity index (χ1n) is 40.5. The molecule has 0 heterocycles. The minimum absolute atomic E-state index is 0.0832. The summed E-state index contributed by atoms with van der Waals surface area (Å²) in [4.78, 5) is 73.0. The van der Waals surface area contributed by atoms with Gasteiger partial charge in [0.05, 0.1) is 26.4 Å². The minimum Gasteiger partial charge on any atom is -0.462 e. The molecule has 0 aliphatic carbocycles. The lowest BCUT2D eigenvalue weighted by atomic mass is 10.0. The highest BCUT2D eigenvalue weighted by atomic mass is 31.2. The predicted octanol–water partition coefficient (Wildman–Crippen LogP) is 23.5. The molecular formula is C81H148O17P2. The van der Waals surface area contributed by atoms with Gasteiger partial charge in [0.15, 0.2) is 12.2 Å². The van der Waals surface area contributed by atoms with E-state index in [9.17, 15) is 43.2 Å². The summed E-state index contributed by atoms with van der Waals surface area (Å²) in [6.07, 6.45) is 73.3. The lowest BCUT2D eigenvalue weighted by molar-refractivity contribution is -0.161. The van der Waals surface area contributed by atoms with Crippen molar-refractivity contribution in [3.63, 3.8) is 0 Å². The number of carbonyl (C=O) groups is 4. The second kappa shape index (κ2) is 74.0. The highest BCUT2D eigenvalue weighted by molar-refractivity contribution is 7.47. The van der Waals surface area contributed by atoms with Gasteiger partial charge in [-0.1, -0.05) is 320 Å². The summed E-state index contributed by atoms with van der Waals surface area (Å²) in [5.74, 6) is -2.17. The van der Waals surface area contributed by atoms with Crippen LogP contribution in [0.25, 0.3) is 0 Å². The van der Waals surface area contributed by atoms with Crippen LogP contribution in [0.4, 0.5) is 0 Å². The van der Waals surface area contributed by atoms with E-state index in [1.807, 2.05) is 0 Å². The zero-order valence-corrected chi connectivity index (χ0v) is 65.7. The molecule has 0 saturated heterocycles. The SMILES string of the molecule is CC/C=C\C/C=C\C/C=C\C/C=C\CCCCCCC(=O)OCC(COP(=O)(O)OCC(O)COP(=O)(O)OCC(COC(=O)CCCCCCCCCCCCCCCCC)OC(=O)CCCCCCCCCCCCCCC)OC(=O)CCCCCCC/C=C\CCCCCCCC. The van der Waals surface area contributed by atoms with Gasteiger partial charge >= 0.3 is 39.5 Å². The fourth-order valence-electron chi connectivity index (χ4n) is 11.3. The Morgan fingerprint density at radius 3 is 0.810 bits per heavy atom. The van der Waals surface area contributed by atoms with Crippen LogP contribution in [0, 0.1) is 0 Å². The summed E-state index contributed by atoms with van der Waals surface area (Å²) >= 11 is 0. The van der Waals surface area contributed by atoms with E-state index in [-0.39, 0.29) is 25.7 Å². The van der Waals surface area contributed by atoms with E-state index in [0.717, 1.165) is 135 Å². The number of unbranched alkanes of at least 4 members (excludes halogenated alkanes) is 41. The van der Waals surface area contributed by atoms with E-state index < -0.39 is 97.5 Å². The van der Waals surface area contributed by atoms with Gasteiger partial charge in [-0.05, 0) is 89.9 Å². The number of aliphatic hydroxyl groups is 1. The third-order valence-electron chi connectivity index (χ3n) is 17.5. The van der Waals surface area contributed by atoms with E-state index >= 15 is 0 Å². The van der Waals surface area contributed by atoms with E-state index in [4.69, 9.17) is 37.0 Å². The average Bonchev–Trinajstić information content (AvgIpc) is 1.06. The van der Waals surface area contributed by atoms with Crippen LogP contribution in [0.5, 0.6) is 0 Å². The van der Waals surface area contributed by atoms with Crippen molar-refractivity contribution in [2.45, 2.75) is 393 Å². The molecule has 0 aromatic carbocycles. The Morgan fingerprint density at radius 1 is 0.290 bits per heavy atom. The number of phosphoric ester groups is 2. The average molecular weight is 1460 g/mol. The number of phosphoric acid groups is 2. The van der Waals surface area contributed by atoms with Gasteiger partial charge in [-0.15, -0.1) is 0 Å². The third kappa shape index (κ3) is 73.1. The minimum atomic E-state index is -4.98. The summed E-state index contributed by atoms with van der Waals surface area (Å²) in [5, 5.41) is 10.6. The molecule has 0 amide bonds. The van der Waals surface area contributed by atoms with Gasteiger partial charge in [-0.3, -0.25) is 37.3 Å². The first-order chi connectivity index (χ1) is 48.7. The maximum Gasteiger partial charge on any atom is 0.472 e. The number of ether oxygens (including phenoxy) is 4. The highest BCUT2D eigenvalue weighted by Gasteiger charge is 2.30. The van der Waals surface area contributed by atoms with Crippen LogP contribution in [0.3, 0.4) is 0 Å². The van der Waals surface area contributed by atoms with Crippen LogP contribution >= 0.6 is 15.6 Å². The molecule has 5 atom stereocenters. The Kier molecular flexibility index (Phi) is 71.6. The number of carbonyl (C=O) groups excluding carboxylic acids is 4.